The molecule has 20 heavy (non-hydrogen) atoms. The van der Waals surface area contributed by atoms with E-state index < -0.39 is 0 Å². The molecule has 0 radical (unpaired) electrons. The number of nitrogen functional groups attached to an aromatic ring is 1. The van der Waals surface area contributed by atoms with Gasteiger partial charge in [-0.15, -0.1) is 0 Å². The summed E-state index contributed by atoms with van der Waals surface area (Å²) >= 11 is 0. The first kappa shape index (κ1) is 16.5. The zero-order valence-electron chi connectivity index (χ0n) is 12.9. The summed E-state index contributed by atoms with van der Waals surface area (Å²) in [5, 5.41) is 0. The summed E-state index contributed by atoms with van der Waals surface area (Å²) in [7, 11) is 0. The number of anilines is 1. The van der Waals surface area contributed by atoms with Crippen molar-refractivity contribution in [1.82, 2.24) is 4.90 Å². The van der Waals surface area contributed by atoms with Crippen LogP contribution in [0.4, 0.5) is 5.69 Å². The Morgan fingerprint density at radius 2 is 1.75 bits per heavy atom. The molecule has 0 fully saturated rings. The third-order valence-electron chi connectivity index (χ3n) is 3.58. The van der Waals surface area contributed by atoms with Gasteiger partial charge in [0.25, 0.3) is 0 Å². The van der Waals surface area contributed by atoms with Crippen LogP contribution >= 0.6 is 0 Å². The number of hydrogen-bond acceptors (Lipinski definition) is 4. The molecule has 0 spiro atoms. The average Bonchev–Trinajstić information content (AvgIpc) is 2.43. The lowest BCUT2D eigenvalue weighted by Gasteiger charge is -2.32. The van der Waals surface area contributed by atoms with Crippen LogP contribution in [0.1, 0.15) is 38.1 Å². The van der Waals surface area contributed by atoms with E-state index in [-0.39, 0.29) is 12.0 Å². The van der Waals surface area contributed by atoms with Crippen LogP contribution in [0, 0.1) is 5.92 Å². The van der Waals surface area contributed by atoms with Crippen LogP contribution in [0.25, 0.3) is 0 Å². The Morgan fingerprint density at radius 1 is 1.20 bits per heavy atom. The Balaban J connectivity index is 2.63. The Bertz CT molecular complexity index is 411. The Hall–Kier alpha value is -1.55. The molecule has 0 amide bonds. The molecule has 1 rings (SSSR count). The number of esters is 1. The van der Waals surface area contributed by atoms with Crippen molar-refractivity contribution >= 4 is 11.7 Å². The highest BCUT2D eigenvalue weighted by molar-refractivity contribution is 5.89. The van der Waals surface area contributed by atoms with Crippen molar-refractivity contribution in [3.05, 3.63) is 29.8 Å². The number of ether oxygens (including phenoxy) is 1. The van der Waals surface area contributed by atoms with Gasteiger partial charge < -0.3 is 10.5 Å². The smallest absolute Gasteiger partial charge is 0.338 e. The number of nitrogens with zero attached hydrogens (tertiary/aromatic N) is 1. The number of benzene rings is 1. The Kier molecular flexibility index (Phi) is 6.52. The fraction of sp³-hybridized carbons (Fsp3) is 0.562. The van der Waals surface area contributed by atoms with E-state index in [9.17, 15) is 4.79 Å². The summed E-state index contributed by atoms with van der Waals surface area (Å²) in [4.78, 5) is 14.3. The largest absolute Gasteiger partial charge is 0.460 e. The van der Waals surface area contributed by atoms with E-state index in [1.807, 2.05) is 0 Å². The molecule has 0 aromatic heterocycles. The molecule has 0 bridgehead atoms. The molecule has 4 nitrogen and oxygen atoms in total. The molecule has 0 aliphatic rings. The molecule has 1 aromatic rings. The first-order valence-electron chi connectivity index (χ1n) is 7.26. The van der Waals surface area contributed by atoms with Crippen LogP contribution in [0.2, 0.25) is 0 Å². The number of rotatable bonds is 7. The SMILES string of the molecule is CCN(CC)[C@H](COC(=O)c1ccc(N)cc1)C(C)C. The van der Waals surface area contributed by atoms with E-state index in [4.69, 9.17) is 10.5 Å². The minimum atomic E-state index is -0.289. The summed E-state index contributed by atoms with van der Waals surface area (Å²) in [6.07, 6.45) is 0. The highest BCUT2D eigenvalue weighted by Crippen LogP contribution is 2.13. The average molecular weight is 278 g/mol. The van der Waals surface area contributed by atoms with Gasteiger partial charge in [0, 0.05) is 11.7 Å². The van der Waals surface area contributed by atoms with E-state index in [2.05, 4.69) is 32.6 Å². The van der Waals surface area contributed by atoms with E-state index >= 15 is 0 Å². The zero-order valence-corrected chi connectivity index (χ0v) is 12.9. The van der Waals surface area contributed by atoms with Gasteiger partial charge in [0.05, 0.1) is 5.56 Å². The van der Waals surface area contributed by atoms with Crippen molar-refractivity contribution < 1.29 is 9.53 Å². The highest BCUT2D eigenvalue weighted by atomic mass is 16.5. The molecule has 0 saturated carbocycles. The standard InChI is InChI=1S/C16H26N2O2/c1-5-18(6-2)15(12(3)4)11-20-16(19)13-7-9-14(17)10-8-13/h7-10,12,15H,5-6,11,17H2,1-4H3/t15-/m1/s1. The van der Waals surface area contributed by atoms with Gasteiger partial charge in [0.2, 0.25) is 0 Å². The minimum absolute atomic E-state index is 0.253. The van der Waals surface area contributed by atoms with Gasteiger partial charge in [-0.25, -0.2) is 4.79 Å². The first-order chi connectivity index (χ1) is 9.49. The quantitative estimate of drug-likeness (QED) is 0.615. The number of carbonyl (C=O) groups excluding carboxylic acids is 1. The zero-order chi connectivity index (χ0) is 15.1. The molecule has 0 aliphatic heterocycles. The molecular formula is C16H26N2O2. The maximum atomic E-state index is 12.0. The summed E-state index contributed by atoms with van der Waals surface area (Å²) in [6.45, 7) is 10.9. The molecule has 1 atom stereocenters. The molecule has 1 aromatic carbocycles. The van der Waals surface area contributed by atoms with Gasteiger partial charge >= 0.3 is 5.97 Å². The Labute approximate surface area is 121 Å². The molecule has 0 saturated heterocycles. The molecule has 0 heterocycles. The van der Waals surface area contributed by atoms with Gasteiger partial charge in [0.1, 0.15) is 6.61 Å². The topological polar surface area (TPSA) is 55.6 Å². The highest BCUT2D eigenvalue weighted by Gasteiger charge is 2.21. The molecule has 0 aliphatic carbocycles. The monoisotopic (exact) mass is 278 g/mol. The maximum Gasteiger partial charge on any atom is 0.338 e. The number of hydrogen-bond donors (Lipinski definition) is 1. The van der Waals surface area contributed by atoms with Crippen molar-refractivity contribution in [2.75, 3.05) is 25.4 Å². The lowest BCUT2D eigenvalue weighted by atomic mass is 10.0. The van der Waals surface area contributed by atoms with Crippen LogP contribution in [-0.2, 0) is 4.74 Å². The summed E-state index contributed by atoms with van der Waals surface area (Å²) in [6, 6.07) is 7.06. The fourth-order valence-corrected chi connectivity index (χ4v) is 2.28. The lowest BCUT2D eigenvalue weighted by molar-refractivity contribution is 0.0291. The van der Waals surface area contributed by atoms with Crippen LogP contribution in [0.15, 0.2) is 24.3 Å². The van der Waals surface area contributed by atoms with Gasteiger partial charge in [-0.3, -0.25) is 4.90 Å². The summed E-state index contributed by atoms with van der Waals surface area (Å²) in [5.74, 6) is 0.150. The summed E-state index contributed by atoms with van der Waals surface area (Å²) < 4.78 is 5.45. The van der Waals surface area contributed by atoms with Crippen molar-refractivity contribution in [2.45, 2.75) is 33.7 Å². The second kappa shape index (κ2) is 7.90. The van der Waals surface area contributed by atoms with Gasteiger partial charge in [0.15, 0.2) is 0 Å². The van der Waals surface area contributed by atoms with Crippen molar-refractivity contribution in [2.24, 2.45) is 5.92 Å². The van der Waals surface area contributed by atoms with Crippen molar-refractivity contribution in [3.8, 4) is 0 Å². The van der Waals surface area contributed by atoms with E-state index in [1.165, 1.54) is 0 Å². The second-order valence-electron chi connectivity index (χ2n) is 5.25. The van der Waals surface area contributed by atoms with Crippen LogP contribution in [0.5, 0.6) is 0 Å². The lowest BCUT2D eigenvalue weighted by Crippen LogP contribution is -2.42. The second-order valence-corrected chi connectivity index (χ2v) is 5.25. The van der Waals surface area contributed by atoms with Crippen molar-refractivity contribution in [1.29, 1.82) is 0 Å². The van der Waals surface area contributed by atoms with Gasteiger partial charge in [-0.05, 0) is 43.3 Å². The molecule has 2 N–H and O–H groups in total. The normalized spacial score (nSPS) is 12.7. The van der Waals surface area contributed by atoms with Crippen LogP contribution in [-0.4, -0.2) is 36.6 Å². The maximum absolute atomic E-state index is 12.0. The van der Waals surface area contributed by atoms with Crippen LogP contribution in [0.3, 0.4) is 0 Å². The van der Waals surface area contributed by atoms with E-state index in [1.54, 1.807) is 24.3 Å². The van der Waals surface area contributed by atoms with Gasteiger partial charge in [-0.2, -0.15) is 0 Å². The predicted octanol–water partition coefficient (Wildman–Crippen LogP) is 2.79. The molecule has 112 valence electrons. The number of carbonyl (C=O) groups is 1. The van der Waals surface area contributed by atoms with Crippen LogP contribution < -0.4 is 5.73 Å². The fourth-order valence-electron chi connectivity index (χ4n) is 2.28. The number of nitrogens with two attached hydrogens (primary N) is 1. The molecular weight excluding hydrogens is 252 g/mol. The van der Waals surface area contributed by atoms with Gasteiger partial charge in [-0.1, -0.05) is 27.7 Å². The number of likely N-dealkylation sites (N-methyl/N-ethyl adjacent to an activating group) is 1. The molecule has 4 heteroatoms. The minimum Gasteiger partial charge on any atom is -0.460 e. The van der Waals surface area contributed by atoms with E-state index in [0.29, 0.717) is 23.8 Å². The predicted molar refractivity (Wildman–Crippen MR) is 82.7 cm³/mol. The third-order valence-corrected chi connectivity index (χ3v) is 3.58. The first-order valence-corrected chi connectivity index (χ1v) is 7.26. The molecule has 0 unspecified atom stereocenters. The Morgan fingerprint density at radius 3 is 2.20 bits per heavy atom. The third kappa shape index (κ3) is 4.53. The van der Waals surface area contributed by atoms with E-state index in [0.717, 1.165) is 13.1 Å². The summed E-state index contributed by atoms with van der Waals surface area (Å²) in [5.41, 5.74) is 6.79. The van der Waals surface area contributed by atoms with Crippen molar-refractivity contribution in [3.63, 3.8) is 0 Å².